The largest absolute Gasteiger partial charge is 0.462 e. The fraction of sp³-hybridized carbons (Fsp3) is 0.778. The van der Waals surface area contributed by atoms with E-state index in [-0.39, 0.29) is 19.2 Å². The van der Waals surface area contributed by atoms with E-state index >= 15 is 0 Å². The zero-order valence-electron chi connectivity index (χ0n) is 16.1. The Bertz CT molecular complexity index is 553. The predicted octanol–water partition coefficient (Wildman–Crippen LogP) is 1.71. The van der Waals surface area contributed by atoms with Crippen molar-refractivity contribution in [1.29, 1.82) is 0 Å². The molecular weight excluding hydrogens is 344 g/mol. The lowest BCUT2D eigenvalue weighted by atomic mass is 10.0. The maximum atomic E-state index is 11.6. The third-order valence-corrected chi connectivity index (χ3v) is 3.89. The first-order valence-electron chi connectivity index (χ1n) is 8.64. The van der Waals surface area contributed by atoms with Crippen molar-refractivity contribution in [2.45, 2.75) is 77.5 Å². The summed E-state index contributed by atoms with van der Waals surface area (Å²) in [7, 11) is 0. The standard InChI is InChI=1S/C18H28O8/c1-11(19)21-9-7-8-13-16(26-18(5,6)24-13)15(23-12(2)20)14-10-22-17(3,4)25-14/h7-8,13-16H,9-10H2,1-6H3/b8-7+/t13-,14+,15-,16-/m0/s1. The molecule has 0 aromatic heterocycles. The fourth-order valence-electron chi connectivity index (χ4n) is 3.00. The van der Waals surface area contributed by atoms with Gasteiger partial charge in [-0.05, 0) is 33.8 Å². The van der Waals surface area contributed by atoms with Crippen LogP contribution in [0, 0.1) is 0 Å². The number of ether oxygens (including phenoxy) is 6. The first-order chi connectivity index (χ1) is 12.0. The van der Waals surface area contributed by atoms with Gasteiger partial charge in [0.2, 0.25) is 0 Å². The van der Waals surface area contributed by atoms with E-state index in [1.54, 1.807) is 39.8 Å². The number of hydrogen-bond donors (Lipinski definition) is 0. The molecule has 2 aliphatic heterocycles. The first kappa shape index (κ1) is 20.8. The molecule has 0 radical (unpaired) electrons. The van der Waals surface area contributed by atoms with Gasteiger partial charge in [-0.1, -0.05) is 6.08 Å². The summed E-state index contributed by atoms with van der Waals surface area (Å²) < 4.78 is 33.8. The van der Waals surface area contributed by atoms with E-state index < -0.39 is 42.0 Å². The van der Waals surface area contributed by atoms with Crippen molar-refractivity contribution < 1.29 is 38.0 Å². The summed E-state index contributed by atoms with van der Waals surface area (Å²) in [6.07, 6.45) is 1.12. The summed E-state index contributed by atoms with van der Waals surface area (Å²) in [6, 6.07) is 0. The van der Waals surface area contributed by atoms with Gasteiger partial charge in [0, 0.05) is 13.8 Å². The molecule has 0 amide bonds. The van der Waals surface area contributed by atoms with Crippen LogP contribution in [-0.4, -0.2) is 61.1 Å². The van der Waals surface area contributed by atoms with Crippen LogP contribution in [0.3, 0.4) is 0 Å². The van der Waals surface area contributed by atoms with Crippen LogP contribution in [0.2, 0.25) is 0 Å². The Balaban J connectivity index is 2.16. The van der Waals surface area contributed by atoms with Crippen LogP contribution in [0.25, 0.3) is 0 Å². The molecule has 0 aliphatic carbocycles. The number of carbonyl (C=O) groups excluding carboxylic acids is 2. The lowest BCUT2D eigenvalue weighted by Gasteiger charge is -2.29. The van der Waals surface area contributed by atoms with E-state index in [1.807, 2.05) is 0 Å². The minimum atomic E-state index is -0.867. The fourth-order valence-corrected chi connectivity index (χ4v) is 3.00. The molecule has 0 bridgehead atoms. The Hall–Kier alpha value is -1.48. The van der Waals surface area contributed by atoms with Crippen LogP contribution in [-0.2, 0) is 38.0 Å². The van der Waals surface area contributed by atoms with Crippen molar-refractivity contribution in [2.75, 3.05) is 13.2 Å². The van der Waals surface area contributed by atoms with E-state index in [0.717, 1.165) is 0 Å². The molecule has 8 nitrogen and oxygen atoms in total. The number of hydrogen-bond acceptors (Lipinski definition) is 8. The third kappa shape index (κ3) is 5.77. The summed E-state index contributed by atoms with van der Waals surface area (Å²) in [6.45, 7) is 10.2. The van der Waals surface area contributed by atoms with Crippen molar-refractivity contribution in [3.05, 3.63) is 12.2 Å². The second-order valence-corrected chi connectivity index (χ2v) is 7.24. The molecule has 0 spiro atoms. The Kier molecular flexibility index (Phi) is 6.44. The monoisotopic (exact) mass is 372 g/mol. The normalized spacial score (nSPS) is 31.1. The molecule has 2 rings (SSSR count). The zero-order chi connectivity index (χ0) is 19.5. The van der Waals surface area contributed by atoms with E-state index in [1.165, 1.54) is 13.8 Å². The van der Waals surface area contributed by atoms with Gasteiger partial charge in [0.25, 0.3) is 0 Å². The molecule has 2 heterocycles. The highest BCUT2D eigenvalue weighted by Crippen LogP contribution is 2.36. The van der Waals surface area contributed by atoms with Crippen LogP contribution in [0.5, 0.6) is 0 Å². The summed E-state index contributed by atoms with van der Waals surface area (Å²) in [4.78, 5) is 22.5. The first-order valence-corrected chi connectivity index (χ1v) is 8.64. The molecule has 4 atom stereocenters. The van der Waals surface area contributed by atoms with E-state index in [4.69, 9.17) is 28.4 Å². The quantitative estimate of drug-likeness (QED) is 0.514. The number of rotatable bonds is 6. The number of carbonyl (C=O) groups is 2. The van der Waals surface area contributed by atoms with Gasteiger partial charge in [-0.15, -0.1) is 0 Å². The molecule has 0 saturated carbocycles. The molecule has 0 unspecified atom stereocenters. The van der Waals surface area contributed by atoms with Crippen molar-refractivity contribution in [3.8, 4) is 0 Å². The summed E-state index contributed by atoms with van der Waals surface area (Å²) in [5, 5.41) is 0. The van der Waals surface area contributed by atoms with Crippen molar-refractivity contribution in [3.63, 3.8) is 0 Å². The Labute approximate surface area is 153 Å². The Morgan fingerprint density at radius 2 is 1.77 bits per heavy atom. The van der Waals surface area contributed by atoms with E-state index in [0.29, 0.717) is 0 Å². The molecule has 2 aliphatic rings. The van der Waals surface area contributed by atoms with Crippen LogP contribution < -0.4 is 0 Å². The van der Waals surface area contributed by atoms with Gasteiger partial charge >= 0.3 is 11.9 Å². The SMILES string of the molecule is CC(=O)OC/C=C/[C@@H]1OC(C)(C)O[C@@H]1[C@@H](OC(C)=O)[C@H]1COC(C)(C)O1. The molecule has 26 heavy (non-hydrogen) atoms. The maximum Gasteiger partial charge on any atom is 0.303 e. The minimum Gasteiger partial charge on any atom is -0.462 e. The Morgan fingerprint density at radius 1 is 1.08 bits per heavy atom. The number of esters is 2. The lowest BCUT2D eigenvalue weighted by Crippen LogP contribution is -2.47. The van der Waals surface area contributed by atoms with Crippen LogP contribution >= 0.6 is 0 Å². The zero-order valence-corrected chi connectivity index (χ0v) is 16.1. The van der Waals surface area contributed by atoms with Gasteiger partial charge in [-0.2, -0.15) is 0 Å². The molecular formula is C18H28O8. The molecule has 0 aromatic rings. The van der Waals surface area contributed by atoms with Gasteiger partial charge < -0.3 is 28.4 Å². The van der Waals surface area contributed by atoms with Gasteiger partial charge in [-0.3, -0.25) is 9.59 Å². The van der Waals surface area contributed by atoms with Gasteiger partial charge in [-0.25, -0.2) is 0 Å². The van der Waals surface area contributed by atoms with E-state index in [9.17, 15) is 9.59 Å². The van der Waals surface area contributed by atoms with Gasteiger partial charge in [0.15, 0.2) is 17.7 Å². The molecule has 2 fully saturated rings. The molecule has 0 N–H and O–H groups in total. The highest BCUT2D eigenvalue weighted by Gasteiger charge is 2.51. The smallest absolute Gasteiger partial charge is 0.303 e. The van der Waals surface area contributed by atoms with Crippen molar-refractivity contribution >= 4 is 11.9 Å². The summed E-state index contributed by atoms with van der Waals surface area (Å²) in [5.41, 5.74) is 0. The lowest BCUT2D eigenvalue weighted by molar-refractivity contribution is -0.193. The van der Waals surface area contributed by atoms with Crippen LogP contribution in [0.4, 0.5) is 0 Å². The molecule has 8 heteroatoms. The van der Waals surface area contributed by atoms with Crippen LogP contribution in [0.15, 0.2) is 12.2 Å². The third-order valence-electron chi connectivity index (χ3n) is 3.89. The van der Waals surface area contributed by atoms with Crippen molar-refractivity contribution in [1.82, 2.24) is 0 Å². The predicted molar refractivity (Wildman–Crippen MR) is 90.1 cm³/mol. The average molecular weight is 372 g/mol. The van der Waals surface area contributed by atoms with E-state index in [2.05, 4.69) is 0 Å². The highest BCUT2D eigenvalue weighted by molar-refractivity contribution is 5.66. The maximum absolute atomic E-state index is 11.6. The van der Waals surface area contributed by atoms with Crippen LogP contribution in [0.1, 0.15) is 41.5 Å². The highest BCUT2D eigenvalue weighted by atomic mass is 16.8. The molecule has 2 saturated heterocycles. The summed E-state index contributed by atoms with van der Waals surface area (Å²) in [5.74, 6) is -2.45. The minimum absolute atomic E-state index is 0.122. The second-order valence-electron chi connectivity index (χ2n) is 7.24. The summed E-state index contributed by atoms with van der Waals surface area (Å²) >= 11 is 0. The van der Waals surface area contributed by atoms with Gasteiger partial charge in [0.1, 0.15) is 24.9 Å². The molecule has 0 aromatic carbocycles. The Morgan fingerprint density at radius 3 is 2.31 bits per heavy atom. The average Bonchev–Trinajstić information content (AvgIpc) is 2.99. The van der Waals surface area contributed by atoms with Crippen molar-refractivity contribution in [2.24, 2.45) is 0 Å². The molecule has 148 valence electrons. The van der Waals surface area contributed by atoms with Gasteiger partial charge in [0.05, 0.1) is 6.61 Å². The second kappa shape index (κ2) is 8.04. The topological polar surface area (TPSA) is 89.5 Å².